The summed E-state index contributed by atoms with van der Waals surface area (Å²) in [6, 6.07) is 14.6. The number of rotatable bonds is 8. The Morgan fingerprint density at radius 1 is 1.12 bits per heavy atom. The van der Waals surface area contributed by atoms with E-state index in [1.807, 2.05) is 36.4 Å². The first kappa shape index (κ1) is 17.6. The summed E-state index contributed by atoms with van der Waals surface area (Å²) in [5.41, 5.74) is 2.02. The molecule has 0 radical (unpaired) electrons. The van der Waals surface area contributed by atoms with Gasteiger partial charge < -0.3 is 15.2 Å². The van der Waals surface area contributed by atoms with Crippen molar-refractivity contribution in [2.75, 3.05) is 13.2 Å². The number of phenolic OH excluding ortho intramolecular Hbond substituents is 1. The van der Waals surface area contributed by atoms with Crippen LogP contribution in [0.25, 0.3) is 6.08 Å². The lowest BCUT2D eigenvalue weighted by atomic mass is 10.1. The van der Waals surface area contributed by atoms with E-state index in [0.29, 0.717) is 13.2 Å². The molecule has 0 heterocycles. The van der Waals surface area contributed by atoms with E-state index < -0.39 is 0 Å². The van der Waals surface area contributed by atoms with Gasteiger partial charge in [0, 0.05) is 12.6 Å². The van der Waals surface area contributed by atoms with Gasteiger partial charge in [0.1, 0.15) is 11.5 Å². The molecule has 0 bridgehead atoms. The average Bonchev–Trinajstić information content (AvgIpc) is 2.61. The Morgan fingerprint density at radius 3 is 2.50 bits per heavy atom. The molecular weight excluding hydrogens is 302 g/mol. The standard InChI is InChI=1S/C20H23NO3/c1-2-15-24-19-10-5-16(6-11-19)7-12-20(23)21-14-13-17-3-8-18(22)9-4-17/h3-12,22H,2,13-15H2,1H3,(H,21,23)/b12-7+. The predicted molar refractivity (Wildman–Crippen MR) is 96.1 cm³/mol. The molecule has 2 rings (SSSR count). The van der Waals surface area contributed by atoms with Crippen LogP contribution in [0.5, 0.6) is 11.5 Å². The van der Waals surface area contributed by atoms with Crippen LogP contribution in [0.2, 0.25) is 0 Å². The summed E-state index contributed by atoms with van der Waals surface area (Å²) in [5.74, 6) is 0.962. The van der Waals surface area contributed by atoms with Gasteiger partial charge in [0.2, 0.25) is 5.91 Å². The Kier molecular flexibility index (Phi) is 6.90. The third-order valence-electron chi connectivity index (χ3n) is 3.43. The Balaban J connectivity index is 1.74. The minimum atomic E-state index is -0.125. The van der Waals surface area contributed by atoms with E-state index in [1.165, 1.54) is 6.08 Å². The zero-order chi connectivity index (χ0) is 17.2. The van der Waals surface area contributed by atoms with Crippen LogP contribution in [0.1, 0.15) is 24.5 Å². The lowest BCUT2D eigenvalue weighted by Gasteiger charge is -2.04. The van der Waals surface area contributed by atoms with E-state index in [1.54, 1.807) is 18.2 Å². The number of benzene rings is 2. The van der Waals surface area contributed by atoms with Gasteiger partial charge in [-0.1, -0.05) is 31.2 Å². The summed E-state index contributed by atoms with van der Waals surface area (Å²) >= 11 is 0. The molecule has 0 aliphatic carbocycles. The van der Waals surface area contributed by atoms with Crippen LogP contribution in [0.3, 0.4) is 0 Å². The molecular formula is C20H23NO3. The molecule has 4 nitrogen and oxygen atoms in total. The first-order chi connectivity index (χ1) is 11.7. The maximum Gasteiger partial charge on any atom is 0.244 e. The molecule has 0 aliphatic rings. The Morgan fingerprint density at radius 2 is 1.83 bits per heavy atom. The number of amides is 1. The minimum absolute atomic E-state index is 0.125. The zero-order valence-corrected chi connectivity index (χ0v) is 13.9. The van der Waals surface area contributed by atoms with Crippen LogP contribution in [-0.4, -0.2) is 24.2 Å². The number of aromatic hydroxyl groups is 1. The summed E-state index contributed by atoms with van der Waals surface area (Å²) in [7, 11) is 0. The van der Waals surface area contributed by atoms with Gasteiger partial charge in [-0.15, -0.1) is 0 Å². The van der Waals surface area contributed by atoms with Gasteiger partial charge in [0.05, 0.1) is 6.61 Å². The van der Waals surface area contributed by atoms with Crippen molar-refractivity contribution in [1.82, 2.24) is 5.32 Å². The first-order valence-electron chi connectivity index (χ1n) is 8.14. The summed E-state index contributed by atoms with van der Waals surface area (Å²) in [6.07, 6.45) is 5.01. The minimum Gasteiger partial charge on any atom is -0.508 e. The van der Waals surface area contributed by atoms with Crippen LogP contribution in [0, 0.1) is 0 Å². The van der Waals surface area contributed by atoms with Gasteiger partial charge in [-0.3, -0.25) is 4.79 Å². The van der Waals surface area contributed by atoms with E-state index >= 15 is 0 Å². The summed E-state index contributed by atoms with van der Waals surface area (Å²) < 4.78 is 5.52. The number of hydrogen-bond donors (Lipinski definition) is 2. The molecule has 0 unspecified atom stereocenters. The third kappa shape index (κ3) is 6.16. The van der Waals surface area contributed by atoms with Crippen molar-refractivity contribution in [3.8, 4) is 11.5 Å². The maximum absolute atomic E-state index is 11.8. The van der Waals surface area contributed by atoms with E-state index in [4.69, 9.17) is 4.74 Å². The molecule has 0 aliphatic heterocycles. The summed E-state index contributed by atoms with van der Waals surface area (Å²) in [5, 5.41) is 12.1. The van der Waals surface area contributed by atoms with Crippen molar-refractivity contribution in [1.29, 1.82) is 0 Å². The molecule has 2 aromatic rings. The molecule has 1 amide bonds. The second kappa shape index (κ2) is 9.40. The first-order valence-corrected chi connectivity index (χ1v) is 8.14. The third-order valence-corrected chi connectivity index (χ3v) is 3.43. The lowest BCUT2D eigenvalue weighted by Crippen LogP contribution is -2.23. The van der Waals surface area contributed by atoms with Crippen molar-refractivity contribution >= 4 is 12.0 Å². The predicted octanol–water partition coefficient (Wildman–Crippen LogP) is 3.55. The SMILES string of the molecule is CCCOc1ccc(/C=C/C(=O)NCCc2ccc(O)cc2)cc1. The second-order valence-electron chi connectivity index (χ2n) is 5.46. The number of ether oxygens (including phenoxy) is 1. The quantitative estimate of drug-likeness (QED) is 0.730. The Hall–Kier alpha value is -2.75. The van der Waals surface area contributed by atoms with E-state index in [9.17, 15) is 9.90 Å². The molecule has 0 atom stereocenters. The van der Waals surface area contributed by atoms with Crippen LogP contribution >= 0.6 is 0 Å². The highest BCUT2D eigenvalue weighted by molar-refractivity contribution is 5.91. The Labute approximate surface area is 142 Å². The van der Waals surface area contributed by atoms with Gasteiger partial charge in [0.15, 0.2) is 0 Å². The van der Waals surface area contributed by atoms with E-state index in [2.05, 4.69) is 12.2 Å². The van der Waals surface area contributed by atoms with Crippen molar-refractivity contribution in [2.45, 2.75) is 19.8 Å². The number of hydrogen-bond acceptors (Lipinski definition) is 3. The topological polar surface area (TPSA) is 58.6 Å². The van der Waals surface area contributed by atoms with Gasteiger partial charge in [-0.25, -0.2) is 0 Å². The van der Waals surface area contributed by atoms with Crippen molar-refractivity contribution < 1.29 is 14.6 Å². The fourth-order valence-corrected chi connectivity index (χ4v) is 2.12. The summed E-state index contributed by atoms with van der Waals surface area (Å²) in [4.78, 5) is 11.8. The molecule has 0 saturated heterocycles. The molecule has 0 fully saturated rings. The van der Waals surface area contributed by atoms with E-state index in [-0.39, 0.29) is 11.7 Å². The molecule has 0 aromatic heterocycles. The number of carbonyl (C=O) groups excluding carboxylic acids is 1. The van der Waals surface area contributed by atoms with Gasteiger partial charge in [0.25, 0.3) is 0 Å². The van der Waals surface area contributed by atoms with Gasteiger partial charge in [-0.2, -0.15) is 0 Å². The van der Waals surface area contributed by atoms with Crippen molar-refractivity contribution in [3.05, 3.63) is 65.7 Å². The highest BCUT2D eigenvalue weighted by Crippen LogP contribution is 2.13. The van der Waals surface area contributed by atoms with Crippen molar-refractivity contribution in [3.63, 3.8) is 0 Å². The fourth-order valence-electron chi connectivity index (χ4n) is 2.12. The Bertz CT molecular complexity index is 660. The summed E-state index contributed by atoms with van der Waals surface area (Å²) in [6.45, 7) is 3.33. The largest absolute Gasteiger partial charge is 0.508 e. The molecule has 24 heavy (non-hydrogen) atoms. The molecule has 126 valence electrons. The highest BCUT2D eigenvalue weighted by atomic mass is 16.5. The smallest absolute Gasteiger partial charge is 0.244 e. The van der Waals surface area contributed by atoms with Crippen LogP contribution in [0.4, 0.5) is 0 Å². The fraction of sp³-hybridized carbons (Fsp3) is 0.250. The number of nitrogens with one attached hydrogen (secondary N) is 1. The van der Waals surface area contributed by atoms with Crippen molar-refractivity contribution in [2.24, 2.45) is 0 Å². The van der Waals surface area contributed by atoms with Crippen LogP contribution in [0.15, 0.2) is 54.6 Å². The molecule has 2 aromatic carbocycles. The second-order valence-corrected chi connectivity index (χ2v) is 5.46. The monoisotopic (exact) mass is 325 g/mol. The number of carbonyl (C=O) groups is 1. The van der Waals surface area contributed by atoms with Crippen LogP contribution in [-0.2, 0) is 11.2 Å². The van der Waals surface area contributed by atoms with E-state index in [0.717, 1.165) is 29.7 Å². The lowest BCUT2D eigenvalue weighted by molar-refractivity contribution is -0.116. The van der Waals surface area contributed by atoms with Gasteiger partial charge >= 0.3 is 0 Å². The maximum atomic E-state index is 11.8. The molecule has 4 heteroatoms. The number of phenols is 1. The highest BCUT2D eigenvalue weighted by Gasteiger charge is 1.98. The zero-order valence-electron chi connectivity index (χ0n) is 13.9. The molecule has 2 N–H and O–H groups in total. The average molecular weight is 325 g/mol. The molecule has 0 saturated carbocycles. The van der Waals surface area contributed by atoms with Gasteiger partial charge in [-0.05, 0) is 54.3 Å². The normalized spacial score (nSPS) is 10.7. The van der Waals surface area contributed by atoms with Crippen LogP contribution < -0.4 is 10.1 Å². The molecule has 0 spiro atoms.